The lowest BCUT2D eigenvalue weighted by atomic mass is 9.95. The van der Waals surface area contributed by atoms with Crippen LogP contribution in [0.25, 0.3) is 0 Å². The van der Waals surface area contributed by atoms with Crippen molar-refractivity contribution in [1.82, 2.24) is 5.32 Å². The smallest absolute Gasteiger partial charge is 0.123 e. The zero-order valence-corrected chi connectivity index (χ0v) is 9.46. The van der Waals surface area contributed by atoms with Crippen molar-refractivity contribution < 1.29 is 5.11 Å². The molecule has 1 atom stereocenters. The number of aromatic hydroxyl groups is 1. The highest BCUT2D eigenvalue weighted by molar-refractivity contribution is 5.44. The molecule has 0 amide bonds. The van der Waals surface area contributed by atoms with Crippen molar-refractivity contribution in [3.63, 3.8) is 0 Å². The van der Waals surface area contributed by atoms with E-state index in [4.69, 9.17) is 0 Å². The molecule has 2 N–H and O–H groups in total. The van der Waals surface area contributed by atoms with E-state index in [9.17, 15) is 5.11 Å². The lowest BCUT2D eigenvalue weighted by Crippen LogP contribution is -2.13. The van der Waals surface area contributed by atoms with Gasteiger partial charge in [0.05, 0.1) is 0 Å². The van der Waals surface area contributed by atoms with E-state index >= 15 is 0 Å². The molecule has 0 spiro atoms. The first-order valence-electron chi connectivity index (χ1n) is 5.75. The maximum atomic E-state index is 10.2. The fourth-order valence-electron chi connectivity index (χ4n) is 2.28. The molecule has 0 saturated carbocycles. The topological polar surface area (TPSA) is 32.3 Å². The number of benzene rings is 1. The van der Waals surface area contributed by atoms with E-state index in [1.165, 1.54) is 6.42 Å². The Hall–Kier alpha value is -1.02. The zero-order chi connectivity index (χ0) is 10.8. The van der Waals surface area contributed by atoms with Crippen molar-refractivity contribution in [1.29, 1.82) is 0 Å². The Balaban J connectivity index is 2.34. The van der Waals surface area contributed by atoms with E-state index in [1.54, 1.807) is 0 Å². The minimum Gasteiger partial charge on any atom is -0.507 e. The first kappa shape index (κ1) is 10.5. The third kappa shape index (κ3) is 2.00. The van der Waals surface area contributed by atoms with Crippen LogP contribution in [0.15, 0.2) is 18.2 Å². The SMILES string of the molecule is CC(C)c1cccc([C@@H]2CCCN2)c1O. The van der Waals surface area contributed by atoms with E-state index in [2.05, 4.69) is 19.2 Å². The maximum Gasteiger partial charge on any atom is 0.123 e. The normalized spacial score (nSPS) is 21.1. The Morgan fingerprint density at radius 3 is 2.80 bits per heavy atom. The number of nitrogens with one attached hydrogen (secondary N) is 1. The lowest BCUT2D eigenvalue weighted by molar-refractivity contribution is 0.447. The molecule has 1 aliphatic rings. The molecule has 82 valence electrons. The highest BCUT2D eigenvalue weighted by Gasteiger charge is 2.20. The molecule has 1 heterocycles. The van der Waals surface area contributed by atoms with Crippen LogP contribution in [-0.4, -0.2) is 11.7 Å². The summed E-state index contributed by atoms with van der Waals surface area (Å²) in [5.41, 5.74) is 2.12. The van der Waals surface area contributed by atoms with Gasteiger partial charge in [-0.15, -0.1) is 0 Å². The molecule has 2 rings (SSSR count). The lowest BCUT2D eigenvalue weighted by Gasteiger charge is -2.16. The summed E-state index contributed by atoms with van der Waals surface area (Å²) in [6.45, 7) is 5.29. The summed E-state index contributed by atoms with van der Waals surface area (Å²) < 4.78 is 0. The molecule has 0 unspecified atom stereocenters. The molecule has 2 heteroatoms. The van der Waals surface area contributed by atoms with Gasteiger partial charge in [-0.2, -0.15) is 0 Å². The van der Waals surface area contributed by atoms with Gasteiger partial charge in [0.25, 0.3) is 0 Å². The second-order valence-electron chi connectivity index (χ2n) is 4.59. The molecule has 0 bridgehead atoms. The molecule has 1 fully saturated rings. The second kappa shape index (κ2) is 4.23. The summed E-state index contributed by atoms with van der Waals surface area (Å²) in [5.74, 6) is 0.873. The molecule has 1 aliphatic heterocycles. The van der Waals surface area contributed by atoms with Crippen molar-refractivity contribution in [3.05, 3.63) is 29.3 Å². The van der Waals surface area contributed by atoms with Crippen LogP contribution in [0.4, 0.5) is 0 Å². The number of phenols is 1. The predicted octanol–water partition coefficient (Wildman–Crippen LogP) is 2.94. The number of hydrogen-bond acceptors (Lipinski definition) is 2. The monoisotopic (exact) mass is 205 g/mol. The van der Waals surface area contributed by atoms with Crippen molar-refractivity contribution in [2.45, 2.75) is 38.6 Å². The Bertz CT molecular complexity index is 340. The van der Waals surface area contributed by atoms with Crippen LogP contribution in [-0.2, 0) is 0 Å². The molecule has 15 heavy (non-hydrogen) atoms. The second-order valence-corrected chi connectivity index (χ2v) is 4.59. The van der Waals surface area contributed by atoms with Crippen LogP contribution in [0.2, 0.25) is 0 Å². The Morgan fingerprint density at radius 1 is 1.40 bits per heavy atom. The van der Waals surface area contributed by atoms with Crippen molar-refractivity contribution in [2.75, 3.05) is 6.54 Å². The molecule has 1 aromatic rings. The van der Waals surface area contributed by atoms with Gasteiger partial charge in [-0.3, -0.25) is 0 Å². The van der Waals surface area contributed by atoms with Crippen LogP contribution in [0.3, 0.4) is 0 Å². The Kier molecular flexibility index (Phi) is 2.96. The van der Waals surface area contributed by atoms with Crippen LogP contribution >= 0.6 is 0 Å². The first-order chi connectivity index (χ1) is 7.20. The largest absolute Gasteiger partial charge is 0.507 e. The van der Waals surface area contributed by atoms with Gasteiger partial charge in [-0.05, 0) is 30.9 Å². The summed E-state index contributed by atoms with van der Waals surface area (Å²) in [5, 5.41) is 13.6. The minimum absolute atomic E-state index is 0.351. The van der Waals surface area contributed by atoms with Gasteiger partial charge in [0.2, 0.25) is 0 Å². The van der Waals surface area contributed by atoms with Gasteiger partial charge in [0.1, 0.15) is 5.75 Å². The van der Waals surface area contributed by atoms with E-state index in [0.29, 0.717) is 17.7 Å². The average Bonchev–Trinajstić information content (AvgIpc) is 2.70. The molecule has 1 aromatic carbocycles. The molecule has 1 saturated heterocycles. The van der Waals surface area contributed by atoms with Gasteiger partial charge >= 0.3 is 0 Å². The van der Waals surface area contributed by atoms with Gasteiger partial charge in [-0.25, -0.2) is 0 Å². The molecule has 0 aliphatic carbocycles. The summed E-state index contributed by atoms with van der Waals surface area (Å²) in [7, 11) is 0. The number of hydrogen-bond donors (Lipinski definition) is 2. The predicted molar refractivity (Wildman–Crippen MR) is 62.2 cm³/mol. The van der Waals surface area contributed by atoms with Crippen LogP contribution in [0.5, 0.6) is 5.75 Å². The molecule has 2 nitrogen and oxygen atoms in total. The quantitative estimate of drug-likeness (QED) is 0.778. The summed E-state index contributed by atoms with van der Waals surface area (Å²) >= 11 is 0. The summed E-state index contributed by atoms with van der Waals surface area (Å²) in [6, 6.07) is 6.44. The number of rotatable bonds is 2. The van der Waals surface area contributed by atoms with Crippen LogP contribution in [0, 0.1) is 0 Å². The Labute approximate surface area is 91.3 Å². The molecular formula is C13H19NO. The van der Waals surface area contributed by atoms with Crippen molar-refractivity contribution in [2.24, 2.45) is 0 Å². The molecule has 0 radical (unpaired) electrons. The van der Waals surface area contributed by atoms with Crippen molar-refractivity contribution >= 4 is 0 Å². The van der Waals surface area contributed by atoms with E-state index < -0.39 is 0 Å². The van der Waals surface area contributed by atoms with Crippen LogP contribution < -0.4 is 5.32 Å². The minimum atomic E-state index is 0.351. The third-order valence-corrected chi connectivity index (χ3v) is 3.16. The number of para-hydroxylation sites is 1. The first-order valence-corrected chi connectivity index (χ1v) is 5.75. The van der Waals surface area contributed by atoms with Crippen LogP contribution in [0.1, 0.15) is 49.8 Å². The Morgan fingerprint density at radius 2 is 2.20 bits per heavy atom. The maximum absolute atomic E-state index is 10.2. The van der Waals surface area contributed by atoms with Crippen molar-refractivity contribution in [3.8, 4) is 5.75 Å². The van der Waals surface area contributed by atoms with E-state index in [0.717, 1.165) is 24.1 Å². The fourth-order valence-corrected chi connectivity index (χ4v) is 2.28. The number of phenolic OH excluding ortho intramolecular Hbond substituents is 1. The zero-order valence-electron chi connectivity index (χ0n) is 9.46. The highest BCUT2D eigenvalue weighted by Crippen LogP contribution is 2.35. The summed E-state index contributed by atoms with van der Waals surface area (Å²) in [4.78, 5) is 0. The fraction of sp³-hybridized carbons (Fsp3) is 0.538. The van der Waals surface area contributed by atoms with Gasteiger partial charge in [0.15, 0.2) is 0 Å². The van der Waals surface area contributed by atoms with Gasteiger partial charge in [-0.1, -0.05) is 32.0 Å². The highest BCUT2D eigenvalue weighted by atomic mass is 16.3. The summed E-state index contributed by atoms with van der Waals surface area (Å²) in [6.07, 6.45) is 2.34. The average molecular weight is 205 g/mol. The van der Waals surface area contributed by atoms with Gasteiger partial charge in [0, 0.05) is 11.6 Å². The van der Waals surface area contributed by atoms with Gasteiger partial charge < -0.3 is 10.4 Å². The standard InChI is InChI=1S/C13H19NO/c1-9(2)10-5-3-6-11(13(10)15)12-7-4-8-14-12/h3,5-6,9,12,14-15H,4,7-8H2,1-2H3/t12-/m0/s1. The third-order valence-electron chi connectivity index (χ3n) is 3.16. The van der Waals surface area contributed by atoms with E-state index in [1.807, 2.05) is 18.2 Å². The molecular weight excluding hydrogens is 186 g/mol. The van der Waals surface area contributed by atoms with E-state index in [-0.39, 0.29) is 0 Å². The molecule has 0 aromatic heterocycles.